The molecule has 0 radical (unpaired) electrons. The number of hydrogen-bond donors (Lipinski definition) is 1. The Hall–Kier alpha value is -0.310. The Kier molecular flexibility index (Phi) is 3.97. The van der Waals surface area contributed by atoms with Crippen LogP contribution in [0.25, 0.3) is 0 Å². The third-order valence-electron chi connectivity index (χ3n) is 1.66. The summed E-state index contributed by atoms with van der Waals surface area (Å²) in [5.74, 6) is 0. The summed E-state index contributed by atoms with van der Waals surface area (Å²) in [6, 6.07) is 5.38. The van der Waals surface area contributed by atoms with Gasteiger partial charge in [0.25, 0.3) is 0 Å². The van der Waals surface area contributed by atoms with Gasteiger partial charge in [0.1, 0.15) is 0 Å². The molecule has 0 heterocycles. The minimum Gasteiger partial charge on any atom is -0.388 e. The molecule has 0 aliphatic rings. The predicted molar refractivity (Wildman–Crippen MR) is 58.9 cm³/mol. The number of hydrogen-bond acceptors (Lipinski definition) is 1. The predicted octanol–water partition coefficient (Wildman–Crippen LogP) is 3.71. The van der Waals surface area contributed by atoms with Gasteiger partial charge in [-0.2, -0.15) is 0 Å². The van der Waals surface area contributed by atoms with E-state index in [1.807, 2.05) is 6.07 Å². The van der Waals surface area contributed by atoms with Gasteiger partial charge in [0.2, 0.25) is 0 Å². The Morgan fingerprint density at radius 2 is 2.23 bits per heavy atom. The lowest BCUT2D eigenvalue weighted by molar-refractivity contribution is 0.181. The summed E-state index contributed by atoms with van der Waals surface area (Å²) < 4.78 is 0.873. The summed E-state index contributed by atoms with van der Waals surface area (Å²) >= 11 is 9.14. The normalized spacial score (nSPS) is 12.5. The first-order valence-corrected chi connectivity index (χ1v) is 5.05. The fourth-order valence-corrected chi connectivity index (χ4v) is 1.95. The van der Waals surface area contributed by atoms with Crippen molar-refractivity contribution in [3.8, 4) is 0 Å². The molecule has 0 amide bonds. The Balaban J connectivity index is 2.93. The van der Waals surface area contributed by atoms with Crippen LogP contribution in [0.4, 0.5) is 0 Å². The van der Waals surface area contributed by atoms with E-state index in [4.69, 9.17) is 11.6 Å². The van der Waals surface area contributed by atoms with Crippen LogP contribution < -0.4 is 0 Å². The molecule has 0 saturated heterocycles. The van der Waals surface area contributed by atoms with E-state index in [1.54, 1.807) is 18.2 Å². The van der Waals surface area contributed by atoms with Crippen molar-refractivity contribution in [3.05, 3.63) is 45.9 Å². The van der Waals surface area contributed by atoms with E-state index in [1.165, 1.54) is 0 Å². The van der Waals surface area contributed by atoms with Crippen LogP contribution in [-0.2, 0) is 0 Å². The molecular weight excluding hydrogens is 251 g/mol. The summed E-state index contributed by atoms with van der Waals surface area (Å²) in [6.07, 6.45) is 1.69. The maximum absolute atomic E-state index is 9.62. The zero-order chi connectivity index (χ0) is 9.84. The third-order valence-corrected chi connectivity index (χ3v) is 2.34. The second-order valence-electron chi connectivity index (χ2n) is 2.74. The van der Waals surface area contributed by atoms with E-state index in [2.05, 4.69) is 22.5 Å². The number of rotatable bonds is 3. The summed E-state index contributed by atoms with van der Waals surface area (Å²) in [4.78, 5) is 0. The molecule has 1 N–H and O–H groups in total. The number of halogens is 2. The molecule has 1 rings (SSSR count). The quantitative estimate of drug-likeness (QED) is 0.822. The maximum atomic E-state index is 9.62. The van der Waals surface area contributed by atoms with E-state index in [0.29, 0.717) is 11.4 Å². The van der Waals surface area contributed by atoms with Crippen LogP contribution >= 0.6 is 27.5 Å². The van der Waals surface area contributed by atoms with Gasteiger partial charge in [-0.05, 0) is 30.2 Å². The molecule has 70 valence electrons. The molecule has 0 spiro atoms. The van der Waals surface area contributed by atoms with Gasteiger partial charge in [-0.25, -0.2) is 0 Å². The van der Waals surface area contributed by atoms with Crippen molar-refractivity contribution >= 4 is 27.5 Å². The number of benzene rings is 1. The monoisotopic (exact) mass is 260 g/mol. The van der Waals surface area contributed by atoms with Crippen LogP contribution in [0, 0.1) is 0 Å². The second kappa shape index (κ2) is 4.80. The highest BCUT2D eigenvalue weighted by atomic mass is 79.9. The Bertz CT molecular complexity index is 292. The van der Waals surface area contributed by atoms with Gasteiger partial charge in [0, 0.05) is 9.50 Å². The standard InChI is InChI=1S/C10H10BrClO/c1-2-3-10(13)7-4-8(11)6-9(12)5-7/h2,4-6,10,13H,1,3H2. The lowest BCUT2D eigenvalue weighted by Gasteiger charge is -2.09. The van der Waals surface area contributed by atoms with Crippen LogP contribution in [-0.4, -0.2) is 5.11 Å². The maximum Gasteiger partial charge on any atom is 0.0825 e. The molecule has 0 aliphatic carbocycles. The van der Waals surface area contributed by atoms with Crippen molar-refractivity contribution < 1.29 is 5.11 Å². The van der Waals surface area contributed by atoms with Gasteiger partial charge in [-0.3, -0.25) is 0 Å². The highest BCUT2D eigenvalue weighted by molar-refractivity contribution is 9.10. The van der Waals surface area contributed by atoms with Crippen molar-refractivity contribution in [2.45, 2.75) is 12.5 Å². The molecule has 3 heteroatoms. The van der Waals surface area contributed by atoms with Crippen molar-refractivity contribution in [1.82, 2.24) is 0 Å². The molecule has 0 aromatic heterocycles. The van der Waals surface area contributed by atoms with Gasteiger partial charge in [-0.15, -0.1) is 6.58 Å². The number of aliphatic hydroxyl groups is 1. The van der Waals surface area contributed by atoms with Gasteiger partial charge in [0.15, 0.2) is 0 Å². The first-order valence-electron chi connectivity index (χ1n) is 3.88. The Morgan fingerprint density at radius 3 is 2.77 bits per heavy atom. The topological polar surface area (TPSA) is 20.2 Å². The molecule has 0 aliphatic heterocycles. The minimum atomic E-state index is -0.521. The van der Waals surface area contributed by atoms with Gasteiger partial charge in [-0.1, -0.05) is 33.6 Å². The highest BCUT2D eigenvalue weighted by Crippen LogP contribution is 2.25. The molecule has 1 aromatic carbocycles. The molecular formula is C10H10BrClO. The average molecular weight is 262 g/mol. The second-order valence-corrected chi connectivity index (χ2v) is 4.10. The Morgan fingerprint density at radius 1 is 1.54 bits per heavy atom. The largest absolute Gasteiger partial charge is 0.388 e. The third kappa shape index (κ3) is 3.14. The smallest absolute Gasteiger partial charge is 0.0825 e. The van der Waals surface area contributed by atoms with Gasteiger partial charge in [0.05, 0.1) is 6.10 Å². The molecule has 1 nitrogen and oxygen atoms in total. The van der Waals surface area contributed by atoms with Crippen LogP contribution in [0.2, 0.25) is 5.02 Å². The van der Waals surface area contributed by atoms with Crippen molar-refractivity contribution in [3.63, 3.8) is 0 Å². The fraction of sp³-hybridized carbons (Fsp3) is 0.200. The van der Waals surface area contributed by atoms with E-state index < -0.39 is 6.10 Å². The van der Waals surface area contributed by atoms with Crippen LogP contribution in [0.3, 0.4) is 0 Å². The van der Waals surface area contributed by atoms with E-state index in [9.17, 15) is 5.11 Å². The SMILES string of the molecule is C=CCC(O)c1cc(Cl)cc(Br)c1. The molecule has 1 unspecified atom stereocenters. The molecule has 1 aromatic rings. The van der Waals surface area contributed by atoms with E-state index in [0.717, 1.165) is 10.0 Å². The van der Waals surface area contributed by atoms with Crippen molar-refractivity contribution in [2.24, 2.45) is 0 Å². The molecule has 1 atom stereocenters. The molecule has 13 heavy (non-hydrogen) atoms. The summed E-state index contributed by atoms with van der Waals surface area (Å²) in [5, 5.41) is 10.2. The van der Waals surface area contributed by atoms with Crippen LogP contribution in [0.1, 0.15) is 18.1 Å². The number of aliphatic hydroxyl groups excluding tert-OH is 1. The molecule has 0 bridgehead atoms. The zero-order valence-electron chi connectivity index (χ0n) is 7.00. The lowest BCUT2D eigenvalue weighted by Crippen LogP contribution is -1.95. The summed E-state index contributed by atoms with van der Waals surface area (Å²) in [7, 11) is 0. The van der Waals surface area contributed by atoms with Crippen molar-refractivity contribution in [1.29, 1.82) is 0 Å². The molecule has 0 fully saturated rings. The summed E-state index contributed by atoms with van der Waals surface area (Å²) in [5.41, 5.74) is 0.805. The van der Waals surface area contributed by atoms with E-state index in [-0.39, 0.29) is 0 Å². The highest BCUT2D eigenvalue weighted by Gasteiger charge is 2.06. The lowest BCUT2D eigenvalue weighted by atomic mass is 10.1. The molecule has 0 saturated carbocycles. The van der Waals surface area contributed by atoms with Gasteiger partial charge < -0.3 is 5.11 Å². The van der Waals surface area contributed by atoms with E-state index >= 15 is 0 Å². The van der Waals surface area contributed by atoms with Crippen LogP contribution in [0.15, 0.2) is 35.3 Å². The average Bonchev–Trinajstić information content (AvgIpc) is 2.03. The zero-order valence-corrected chi connectivity index (χ0v) is 9.35. The minimum absolute atomic E-state index is 0.521. The Labute approximate surface area is 91.2 Å². The first-order chi connectivity index (χ1) is 6.13. The van der Waals surface area contributed by atoms with Gasteiger partial charge >= 0.3 is 0 Å². The fourth-order valence-electron chi connectivity index (χ4n) is 1.06. The van der Waals surface area contributed by atoms with Crippen molar-refractivity contribution in [2.75, 3.05) is 0 Å². The first kappa shape index (κ1) is 10.8. The van der Waals surface area contributed by atoms with Crippen LogP contribution in [0.5, 0.6) is 0 Å². The summed E-state index contributed by atoms with van der Waals surface area (Å²) in [6.45, 7) is 3.57.